The number of piperazine rings is 1. The van der Waals surface area contributed by atoms with Gasteiger partial charge in [-0.3, -0.25) is 0 Å². The second-order valence-corrected chi connectivity index (χ2v) is 8.68. The summed E-state index contributed by atoms with van der Waals surface area (Å²) in [5.41, 5.74) is 0.889. The van der Waals surface area contributed by atoms with E-state index in [-0.39, 0.29) is 4.90 Å². The molecular weight excluding hydrogens is 373 g/mol. The van der Waals surface area contributed by atoms with Crippen LogP contribution in [0.15, 0.2) is 33.7 Å². The van der Waals surface area contributed by atoms with Crippen LogP contribution >= 0.6 is 23.2 Å². The maximum atomic E-state index is 12.7. The number of hydrogen-bond donors (Lipinski definition) is 1. The third-order valence-electron chi connectivity index (χ3n) is 4.01. The van der Waals surface area contributed by atoms with Crippen molar-refractivity contribution in [2.45, 2.75) is 18.4 Å². The van der Waals surface area contributed by atoms with Gasteiger partial charge in [-0.25, -0.2) is 8.42 Å². The van der Waals surface area contributed by atoms with Crippen LogP contribution in [0.1, 0.15) is 11.5 Å². The molecule has 0 bridgehead atoms. The molecule has 24 heavy (non-hydrogen) atoms. The fourth-order valence-electron chi connectivity index (χ4n) is 2.80. The van der Waals surface area contributed by atoms with E-state index >= 15 is 0 Å². The number of quaternary nitrogens is 1. The first-order chi connectivity index (χ1) is 11.3. The molecule has 0 spiro atoms. The zero-order chi connectivity index (χ0) is 17.3. The van der Waals surface area contributed by atoms with Crippen LogP contribution in [0.25, 0.3) is 0 Å². The Morgan fingerprint density at radius 3 is 2.33 bits per heavy atom. The summed E-state index contributed by atoms with van der Waals surface area (Å²) in [6, 6.07) is 6.29. The highest BCUT2D eigenvalue weighted by molar-refractivity contribution is 7.89. The molecule has 0 unspecified atom stereocenters. The van der Waals surface area contributed by atoms with Crippen molar-refractivity contribution in [3.05, 3.63) is 45.8 Å². The monoisotopic (exact) mass is 390 g/mol. The van der Waals surface area contributed by atoms with E-state index in [9.17, 15) is 8.42 Å². The van der Waals surface area contributed by atoms with Gasteiger partial charge in [-0.1, -0.05) is 28.4 Å². The van der Waals surface area contributed by atoms with Crippen LogP contribution in [0.3, 0.4) is 0 Å². The van der Waals surface area contributed by atoms with Crippen LogP contribution in [0.4, 0.5) is 0 Å². The van der Waals surface area contributed by atoms with E-state index in [0.717, 1.165) is 18.0 Å². The first-order valence-electron chi connectivity index (χ1n) is 7.56. The number of hydrogen-bond acceptors (Lipinski definition) is 4. The van der Waals surface area contributed by atoms with E-state index in [2.05, 4.69) is 5.16 Å². The van der Waals surface area contributed by atoms with Gasteiger partial charge in [0.15, 0.2) is 0 Å². The van der Waals surface area contributed by atoms with Gasteiger partial charge in [0.2, 0.25) is 10.0 Å². The number of aryl methyl sites for hydroxylation is 1. The van der Waals surface area contributed by atoms with Crippen molar-refractivity contribution in [3.63, 3.8) is 0 Å². The minimum Gasteiger partial charge on any atom is -0.361 e. The van der Waals surface area contributed by atoms with Crippen molar-refractivity contribution in [2.24, 2.45) is 0 Å². The summed E-state index contributed by atoms with van der Waals surface area (Å²) in [6.45, 7) is 4.89. The average Bonchev–Trinajstić information content (AvgIpc) is 2.92. The molecule has 9 heteroatoms. The van der Waals surface area contributed by atoms with Gasteiger partial charge in [0.05, 0.1) is 31.1 Å². The fraction of sp³-hybridized carbons (Fsp3) is 0.400. The van der Waals surface area contributed by atoms with Crippen molar-refractivity contribution in [2.75, 3.05) is 26.2 Å². The second kappa shape index (κ2) is 7.01. The smallest absolute Gasteiger partial charge is 0.243 e. The molecular formula is C15H18Cl2N3O3S+. The van der Waals surface area contributed by atoms with Gasteiger partial charge >= 0.3 is 0 Å². The summed E-state index contributed by atoms with van der Waals surface area (Å²) in [7, 11) is -3.58. The predicted octanol–water partition coefficient (Wildman–Crippen LogP) is 1.38. The SMILES string of the molecule is Cc1cc(C[NH+]2CCN(S(=O)(=O)c3cc(Cl)cc(Cl)c3)CC2)no1. The van der Waals surface area contributed by atoms with Crippen LogP contribution < -0.4 is 4.90 Å². The van der Waals surface area contributed by atoms with E-state index in [1.807, 2.05) is 13.0 Å². The molecule has 6 nitrogen and oxygen atoms in total. The molecule has 1 aromatic heterocycles. The molecule has 1 N–H and O–H groups in total. The Balaban J connectivity index is 1.67. The van der Waals surface area contributed by atoms with Crippen molar-refractivity contribution in [3.8, 4) is 0 Å². The number of halogens is 2. The molecule has 130 valence electrons. The highest BCUT2D eigenvalue weighted by Gasteiger charge is 2.31. The van der Waals surface area contributed by atoms with Crippen molar-refractivity contribution in [1.82, 2.24) is 9.46 Å². The molecule has 0 saturated carbocycles. The zero-order valence-electron chi connectivity index (χ0n) is 13.1. The second-order valence-electron chi connectivity index (χ2n) is 5.86. The summed E-state index contributed by atoms with van der Waals surface area (Å²) in [4.78, 5) is 1.41. The third kappa shape index (κ3) is 3.92. The molecule has 0 aliphatic carbocycles. The van der Waals surface area contributed by atoms with Crippen molar-refractivity contribution < 1.29 is 17.8 Å². The Morgan fingerprint density at radius 2 is 1.79 bits per heavy atom. The number of nitrogens with zero attached hydrogens (tertiary/aromatic N) is 2. The Bertz CT molecular complexity index is 810. The normalized spacial score (nSPS) is 17.3. The molecule has 1 aliphatic rings. The number of nitrogens with one attached hydrogen (secondary N) is 1. The molecule has 1 saturated heterocycles. The van der Waals surface area contributed by atoms with Crippen LogP contribution in [-0.4, -0.2) is 44.1 Å². The number of sulfonamides is 1. The molecule has 1 fully saturated rings. The van der Waals surface area contributed by atoms with E-state index in [1.54, 1.807) is 0 Å². The van der Waals surface area contributed by atoms with E-state index in [0.29, 0.717) is 36.2 Å². The third-order valence-corrected chi connectivity index (χ3v) is 6.32. The first-order valence-corrected chi connectivity index (χ1v) is 9.76. The van der Waals surface area contributed by atoms with Crippen LogP contribution in [0.5, 0.6) is 0 Å². The molecule has 1 aliphatic heterocycles. The topological polar surface area (TPSA) is 67.8 Å². The lowest BCUT2D eigenvalue weighted by Crippen LogP contribution is -3.13. The lowest BCUT2D eigenvalue weighted by atomic mass is 10.3. The number of benzene rings is 1. The molecule has 3 rings (SSSR count). The zero-order valence-corrected chi connectivity index (χ0v) is 15.5. The molecule has 2 heterocycles. The summed E-state index contributed by atoms with van der Waals surface area (Å²) in [5.74, 6) is 0.781. The average molecular weight is 391 g/mol. The van der Waals surface area contributed by atoms with Crippen LogP contribution in [0.2, 0.25) is 10.0 Å². The molecule has 2 aromatic rings. The Morgan fingerprint density at radius 1 is 1.17 bits per heavy atom. The van der Waals surface area contributed by atoms with Gasteiger partial charge in [0.25, 0.3) is 0 Å². The van der Waals surface area contributed by atoms with Gasteiger partial charge < -0.3 is 9.42 Å². The van der Waals surface area contributed by atoms with E-state index in [4.69, 9.17) is 27.7 Å². The minimum atomic E-state index is -3.58. The standard InChI is InChI=1S/C15H17Cl2N3O3S/c1-11-6-14(18-23-11)10-19-2-4-20(5-3-19)24(21,22)15-8-12(16)7-13(17)9-15/h6-9H,2-5,10H2,1H3/p+1. The quantitative estimate of drug-likeness (QED) is 0.855. The van der Waals surface area contributed by atoms with Crippen LogP contribution in [-0.2, 0) is 16.6 Å². The number of aromatic nitrogens is 1. The largest absolute Gasteiger partial charge is 0.361 e. The Labute approximate surface area is 151 Å². The lowest BCUT2D eigenvalue weighted by molar-refractivity contribution is -0.917. The highest BCUT2D eigenvalue weighted by Crippen LogP contribution is 2.24. The first kappa shape index (κ1) is 17.7. The van der Waals surface area contributed by atoms with Gasteiger partial charge in [-0.15, -0.1) is 0 Å². The number of rotatable bonds is 4. The molecule has 1 aromatic carbocycles. The highest BCUT2D eigenvalue weighted by atomic mass is 35.5. The summed E-state index contributed by atoms with van der Waals surface area (Å²) in [5, 5.41) is 4.61. The van der Waals surface area contributed by atoms with Crippen LogP contribution in [0, 0.1) is 6.92 Å². The van der Waals surface area contributed by atoms with E-state index < -0.39 is 10.0 Å². The van der Waals surface area contributed by atoms with Gasteiger partial charge in [0, 0.05) is 16.1 Å². The maximum absolute atomic E-state index is 12.7. The summed E-state index contributed by atoms with van der Waals surface area (Å²) >= 11 is 11.8. The maximum Gasteiger partial charge on any atom is 0.243 e. The summed E-state index contributed by atoms with van der Waals surface area (Å²) < 4.78 is 32.0. The fourth-order valence-corrected chi connectivity index (χ4v) is 4.97. The molecule has 0 radical (unpaired) electrons. The van der Waals surface area contributed by atoms with Crippen molar-refractivity contribution in [1.29, 1.82) is 0 Å². The summed E-state index contributed by atoms with van der Waals surface area (Å²) in [6.07, 6.45) is 0. The molecule has 0 amide bonds. The Hall–Kier alpha value is -1.12. The lowest BCUT2D eigenvalue weighted by Gasteiger charge is -2.31. The van der Waals surface area contributed by atoms with Gasteiger partial charge in [-0.05, 0) is 25.1 Å². The Kier molecular flexibility index (Phi) is 5.17. The molecule has 0 atom stereocenters. The van der Waals surface area contributed by atoms with E-state index in [1.165, 1.54) is 27.4 Å². The predicted molar refractivity (Wildman–Crippen MR) is 90.9 cm³/mol. The minimum absolute atomic E-state index is 0.135. The van der Waals surface area contributed by atoms with Gasteiger partial charge in [0.1, 0.15) is 18.0 Å². The van der Waals surface area contributed by atoms with Crippen molar-refractivity contribution >= 4 is 33.2 Å². The van der Waals surface area contributed by atoms with Gasteiger partial charge in [-0.2, -0.15) is 4.31 Å².